The highest BCUT2D eigenvalue weighted by molar-refractivity contribution is 5.36. The van der Waals surface area contributed by atoms with Gasteiger partial charge in [0, 0.05) is 11.6 Å². The van der Waals surface area contributed by atoms with Crippen LogP contribution in [0.25, 0.3) is 0 Å². The zero-order valence-electron chi connectivity index (χ0n) is 12.5. The number of nitrogens with one attached hydrogen (secondary N) is 1. The maximum absolute atomic E-state index is 5.97. The lowest BCUT2D eigenvalue weighted by Crippen LogP contribution is -2.26. The van der Waals surface area contributed by atoms with Gasteiger partial charge in [-0.15, -0.1) is 0 Å². The molecule has 2 rings (SSSR count). The van der Waals surface area contributed by atoms with Gasteiger partial charge in [0.05, 0.1) is 6.10 Å². The summed E-state index contributed by atoms with van der Waals surface area (Å²) in [6.45, 7) is 7.36. The van der Waals surface area contributed by atoms with Gasteiger partial charge in [-0.2, -0.15) is 0 Å². The summed E-state index contributed by atoms with van der Waals surface area (Å²) in [6.07, 6.45) is 5.68. The molecule has 1 aromatic rings. The average Bonchev–Trinajstić information content (AvgIpc) is 2.32. The van der Waals surface area contributed by atoms with Crippen molar-refractivity contribution in [2.24, 2.45) is 5.92 Å². The molecule has 19 heavy (non-hydrogen) atoms. The largest absolute Gasteiger partial charge is 0.491 e. The zero-order valence-corrected chi connectivity index (χ0v) is 12.5. The molecule has 0 bridgehead atoms. The second-order valence-electron chi connectivity index (χ2n) is 5.85. The molecule has 0 aromatic heterocycles. The molecule has 1 fully saturated rings. The number of hydrogen-bond donors (Lipinski definition) is 1. The second kappa shape index (κ2) is 6.95. The monoisotopic (exact) mass is 261 g/mol. The SMILES string of the molecule is CCNC(CC1CCC1)c1ccccc1OC(C)C. The Bertz CT molecular complexity index is 385. The Morgan fingerprint density at radius 2 is 2.00 bits per heavy atom. The lowest BCUT2D eigenvalue weighted by atomic mass is 9.79. The van der Waals surface area contributed by atoms with E-state index in [-0.39, 0.29) is 6.10 Å². The second-order valence-corrected chi connectivity index (χ2v) is 5.85. The molecule has 0 heterocycles. The molecule has 106 valence electrons. The summed E-state index contributed by atoms with van der Waals surface area (Å²) >= 11 is 0. The van der Waals surface area contributed by atoms with E-state index in [2.05, 4.69) is 50.4 Å². The quantitative estimate of drug-likeness (QED) is 0.789. The third-order valence-corrected chi connectivity index (χ3v) is 3.90. The highest BCUT2D eigenvalue weighted by Gasteiger charge is 2.24. The Morgan fingerprint density at radius 3 is 2.58 bits per heavy atom. The van der Waals surface area contributed by atoms with Crippen molar-refractivity contribution < 1.29 is 4.74 Å². The topological polar surface area (TPSA) is 21.3 Å². The first-order valence-electron chi connectivity index (χ1n) is 7.69. The van der Waals surface area contributed by atoms with Crippen molar-refractivity contribution in [1.29, 1.82) is 0 Å². The highest BCUT2D eigenvalue weighted by atomic mass is 16.5. The summed E-state index contributed by atoms with van der Waals surface area (Å²) in [4.78, 5) is 0. The van der Waals surface area contributed by atoms with Crippen molar-refractivity contribution in [3.05, 3.63) is 29.8 Å². The highest BCUT2D eigenvalue weighted by Crippen LogP contribution is 2.37. The number of benzene rings is 1. The zero-order chi connectivity index (χ0) is 13.7. The van der Waals surface area contributed by atoms with Crippen LogP contribution in [0.4, 0.5) is 0 Å². The van der Waals surface area contributed by atoms with Gasteiger partial charge in [0.15, 0.2) is 0 Å². The maximum atomic E-state index is 5.97. The van der Waals surface area contributed by atoms with Crippen molar-refractivity contribution >= 4 is 0 Å². The van der Waals surface area contributed by atoms with E-state index >= 15 is 0 Å². The minimum Gasteiger partial charge on any atom is -0.491 e. The third-order valence-electron chi connectivity index (χ3n) is 3.90. The summed E-state index contributed by atoms with van der Waals surface area (Å²) in [6, 6.07) is 8.93. The van der Waals surface area contributed by atoms with Crippen LogP contribution in [0.5, 0.6) is 5.75 Å². The molecule has 0 saturated heterocycles. The van der Waals surface area contributed by atoms with Gasteiger partial charge in [-0.1, -0.05) is 44.4 Å². The molecular weight excluding hydrogens is 234 g/mol. The molecule has 1 unspecified atom stereocenters. The smallest absolute Gasteiger partial charge is 0.124 e. The molecule has 0 radical (unpaired) electrons. The Balaban J connectivity index is 2.14. The molecular formula is C17H27NO. The molecule has 2 nitrogen and oxygen atoms in total. The van der Waals surface area contributed by atoms with Crippen molar-refractivity contribution in [2.45, 2.75) is 58.6 Å². The van der Waals surface area contributed by atoms with Gasteiger partial charge in [0.1, 0.15) is 5.75 Å². The lowest BCUT2D eigenvalue weighted by Gasteiger charge is -2.31. The van der Waals surface area contributed by atoms with E-state index in [1.807, 2.05) is 0 Å². The fourth-order valence-electron chi connectivity index (χ4n) is 2.76. The molecule has 1 saturated carbocycles. The van der Waals surface area contributed by atoms with Crippen LogP contribution in [-0.2, 0) is 0 Å². The van der Waals surface area contributed by atoms with E-state index in [1.54, 1.807) is 0 Å². The number of ether oxygens (including phenoxy) is 1. The number of para-hydroxylation sites is 1. The van der Waals surface area contributed by atoms with Gasteiger partial charge < -0.3 is 10.1 Å². The van der Waals surface area contributed by atoms with Crippen LogP contribution in [0.2, 0.25) is 0 Å². The average molecular weight is 261 g/mol. The van der Waals surface area contributed by atoms with Crippen LogP contribution in [0.3, 0.4) is 0 Å². The van der Waals surface area contributed by atoms with E-state index < -0.39 is 0 Å². The fourth-order valence-corrected chi connectivity index (χ4v) is 2.76. The van der Waals surface area contributed by atoms with Crippen molar-refractivity contribution in [3.63, 3.8) is 0 Å². The minimum absolute atomic E-state index is 0.229. The summed E-state index contributed by atoms with van der Waals surface area (Å²) < 4.78 is 5.97. The number of rotatable bonds is 7. The Kier molecular flexibility index (Phi) is 5.26. The van der Waals surface area contributed by atoms with Crippen molar-refractivity contribution in [1.82, 2.24) is 5.32 Å². The van der Waals surface area contributed by atoms with Crippen LogP contribution in [0.1, 0.15) is 58.1 Å². The van der Waals surface area contributed by atoms with Crippen LogP contribution < -0.4 is 10.1 Å². The third kappa shape index (κ3) is 3.97. The lowest BCUT2D eigenvalue weighted by molar-refractivity contribution is 0.229. The molecule has 0 aliphatic heterocycles. The predicted molar refractivity (Wildman–Crippen MR) is 80.6 cm³/mol. The summed E-state index contributed by atoms with van der Waals surface area (Å²) in [5, 5.41) is 3.63. The van der Waals surface area contributed by atoms with Crippen molar-refractivity contribution in [3.8, 4) is 5.75 Å². The van der Waals surface area contributed by atoms with Gasteiger partial charge in [0.25, 0.3) is 0 Å². The predicted octanol–water partition coefficient (Wildman–Crippen LogP) is 4.31. The van der Waals surface area contributed by atoms with E-state index in [4.69, 9.17) is 4.74 Å². The molecule has 1 aliphatic rings. The Labute approximate surface area is 117 Å². The first kappa shape index (κ1) is 14.4. The summed E-state index contributed by atoms with van der Waals surface area (Å²) in [5.74, 6) is 1.94. The van der Waals surface area contributed by atoms with Gasteiger partial charge in [-0.3, -0.25) is 0 Å². The molecule has 1 atom stereocenters. The first-order chi connectivity index (χ1) is 9.20. The molecule has 0 amide bonds. The Hall–Kier alpha value is -1.02. The van der Waals surface area contributed by atoms with Crippen LogP contribution in [0, 0.1) is 5.92 Å². The van der Waals surface area contributed by atoms with Crippen LogP contribution >= 0.6 is 0 Å². The molecule has 2 heteroatoms. The van der Waals surface area contributed by atoms with Gasteiger partial charge in [-0.05, 0) is 38.8 Å². The maximum Gasteiger partial charge on any atom is 0.124 e. The minimum atomic E-state index is 0.229. The van der Waals surface area contributed by atoms with Crippen molar-refractivity contribution in [2.75, 3.05) is 6.54 Å². The number of hydrogen-bond acceptors (Lipinski definition) is 2. The molecule has 1 aliphatic carbocycles. The van der Waals surface area contributed by atoms with E-state index in [0.717, 1.165) is 18.2 Å². The van der Waals surface area contributed by atoms with E-state index in [0.29, 0.717) is 6.04 Å². The van der Waals surface area contributed by atoms with Gasteiger partial charge in [-0.25, -0.2) is 0 Å². The van der Waals surface area contributed by atoms with E-state index in [9.17, 15) is 0 Å². The molecule has 1 N–H and O–H groups in total. The molecule has 0 spiro atoms. The van der Waals surface area contributed by atoms with Gasteiger partial charge in [0.2, 0.25) is 0 Å². The fraction of sp³-hybridized carbons (Fsp3) is 0.647. The molecule has 1 aromatic carbocycles. The van der Waals surface area contributed by atoms with E-state index in [1.165, 1.54) is 31.2 Å². The normalized spacial score (nSPS) is 17.3. The van der Waals surface area contributed by atoms with Gasteiger partial charge >= 0.3 is 0 Å². The first-order valence-corrected chi connectivity index (χ1v) is 7.69. The van der Waals surface area contributed by atoms with Crippen LogP contribution in [0.15, 0.2) is 24.3 Å². The summed E-state index contributed by atoms with van der Waals surface area (Å²) in [7, 11) is 0. The Morgan fingerprint density at radius 1 is 1.26 bits per heavy atom. The summed E-state index contributed by atoms with van der Waals surface area (Å²) in [5.41, 5.74) is 1.32. The van der Waals surface area contributed by atoms with Crippen LogP contribution in [-0.4, -0.2) is 12.6 Å². The standard InChI is InChI=1S/C17H27NO/c1-4-18-16(12-14-8-7-9-14)15-10-5-6-11-17(15)19-13(2)3/h5-6,10-11,13-14,16,18H,4,7-9,12H2,1-3H3.